The number of fused-ring (bicyclic) bond motifs is 1. The first kappa shape index (κ1) is 19.7. The molecule has 1 aliphatic heterocycles. The van der Waals surface area contributed by atoms with Crippen molar-refractivity contribution >= 4 is 16.8 Å². The summed E-state index contributed by atoms with van der Waals surface area (Å²) in [5.74, 6) is 1.12. The van der Waals surface area contributed by atoms with Gasteiger partial charge in [-0.05, 0) is 43.7 Å². The maximum Gasteiger partial charge on any atom is 0.238 e. The number of hydrogen-bond acceptors (Lipinski definition) is 7. The van der Waals surface area contributed by atoms with E-state index < -0.39 is 0 Å². The van der Waals surface area contributed by atoms with Crippen molar-refractivity contribution in [2.75, 3.05) is 20.3 Å². The van der Waals surface area contributed by atoms with E-state index in [1.54, 1.807) is 19.7 Å². The highest BCUT2D eigenvalue weighted by Gasteiger charge is 2.14. The van der Waals surface area contributed by atoms with Crippen molar-refractivity contribution in [3.63, 3.8) is 0 Å². The lowest BCUT2D eigenvalue weighted by atomic mass is 10.2. The zero-order chi connectivity index (χ0) is 20.9. The number of nitrogens with zero attached hydrogens (tertiary/aromatic N) is 4. The summed E-state index contributed by atoms with van der Waals surface area (Å²) in [6.45, 7) is 5.17. The molecule has 0 bridgehead atoms. The number of nitrogens with one attached hydrogen (secondary N) is 1. The van der Waals surface area contributed by atoms with Gasteiger partial charge >= 0.3 is 0 Å². The van der Waals surface area contributed by atoms with Gasteiger partial charge in [0.05, 0.1) is 38.5 Å². The highest BCUT2D eigenvalue weighted by Crippen LogP contribution is 2.21. The van der Waals surface area contributed by atoms with Gasteiger partial charge in [-0.15, -0.1) is 0 Å². The van der Waals surface area contributed by atoms with Crippen LogP contribution in [0.25, 0.3) is 16.7 Å². The maximum atomic E-state index is 5.36. The summed E-state index contributed by atoms with van der Waals surface area (Å²) in [5, 5.41) is 1.17. The number of methoxy groups -OCH3 is 1. The van der Waals surface area contributed by atoms with E-state index in [2.05, 4.69) is 39.5 Å². The highest BCUT2D eigenvalue weighted by molar-refractivity contribution is 5.96. The molecule has 8 nitrogen and oxygen atoms in total. The first-order chi connectivity index (χ1) is 14.6. The van der Waals surface area contributed by atoms with Crippen molar-refractivity contribution in [1.29, 1.82) is 0 Å². The van der Waals surface area contributed by atoms with Crippen LogP contribution in [0, 0.1) is 13.8 Å². The first-order valence-corrected chi connectivity index (χ1v) is 9.56. The number of rotatable bonds is 3. The topological polar surface area (TPSA) is 86.7 Å². The van der Waals surface area contributed by atoms with Gasteiger partial charge in [0.25, 0.3) is 0 Å². The molecule has 0 saturated heterocycles. The quantitative estimate of drug-likeness (QED) is 0.560. The van der Waals surface area contributed by atoms with Crippen molar-refractivity contribution < 1.29 is 14.0 Å². The standard InChI is InChI=1S/C13H15N5O2.C9H8O/c1-9-7-18(8-15-9)11-4-3-10(16-13(11)19-2)12-14-5-6-20-17-12;1-7-2-3-8-4-5-10-9(8)6-7/h3-4,7-8H,5-6H2,1-2H3,(H,14,17);2-6H,1H3. The third-order valence-electron chi connectivity index (χ3n) is 4.51. The molecule has 3 aromatic heterocycles. The normalized spacial score (nSPS) is 13.2. The zero-order valence-corrected chi connectivity index (χ0v) is 17.1. The van der Waals surface area contributed by atoms with E-state index in [0.29, 0.717) is 30.6 Å². The molecule has 0 unspecified atom stereocenters. The molecule has 1 N–H and O–H groups in total. The van der Waals surface area contributed by atoms with E-state index in [0.717, 1.165) is 17.0 Å². The van der Waals surface area contributed by atoms with Crippen LogP contribution in [0.5, 0.6) is 5.88 Å². The molecule has 5 rings (SSSR count). The minimum absolute atomic E-state index is 0.509. The fraction of sp³-hybridized carbons (Fsp3) is 0.227. The van der Waals surface area contributed by atoms with Crippen LogP contribution >= 0.6 is 0 Å². The second-order valence-electron chi connectivity index (χ2n) is 6.79. The van der Waals surface area contributed by atoms with Gasteiger partial charge in [0.1, 0.15) is 17.0 Å². The number of imidazole rings is 1. The van der Waals surface area contributed by atoms with E-state index in [4.69, 9.17) is 14.0 Å². The van der Waals surface area contributed by atoms with E-state index in [1.807, 2.05) is 42.0 Å². The van der Waals surface area contributed by atoms with Gasteiger partial charge in [-0.2, -0.15) is 0 Å². The number of benzene rings is 1. The second kappa shape index (κ2) is 8.79. The second-order valence-corrected chi connectivity index (χ2v) is 6.79. The van der Waals surface area contributed by atoms with Crippen molar-refractivity contribution in [1.82, 2.24) is 20.0 Å². The molecule has 4 heterocycles. The smallest absolute Gasteiger partial charge is 0.238 e. The van der Waals surface area contributed by atoms with E-state index >= 15 is 0 Å². The van der Waals surface area contributed by atoms with Crippen molar-refractivity contribution in [3.05, 3.63) is 72.1 Å². The SMILES string of the molecule is COc1nc(C2=NCCON2)ccc1-n1cnc(C)c1.Cc1ccc2ccoc2c1. The monoisotopic (exact) mass is 405 g/mol. The molecule has 30 heavy (non-hydrogen) atoms. The average molecular weight is 405 g/mol. The van der Waals surface area contributed by atoms with Crippen LogP contribution in [0.15, 0.2) is 64.6 Å². The van der Waals surface area contributed by atoms with Gasteiger partial charge in [0.15, 0.2) is 5.84 Å². The Morgan fingerprint density at radius 1 is 1.13 bits per heavy atom. The number of furan rings is 1. The van der Waals surface area contributed by atoms with Crippen LogP contribution in [-0.4, -0.2) is 40.6 Å². The van der Waals surface area contributed by atoms with Crippen LogP contribution in [0.4, 0.5) is 0 Å². The Labute approximate surface area is 174 Å². The Kier molecular flexibility index (Phi) is 5.76. The van der Waals surface area contributed by atoms with Gasteiger partial charge in [-0.1, -0.05) is 12.1 Å². The average Bonchev–Trinajstić information content (AvgIpc) is 3.42. The van der Waals surface area contributed by atoms with Gasteiger partial charge < -0.3 is 13.7 Å². The third kappa shape index (κ3) is 4.33. The zero-order valence-electron chi connectivity index (χ0n) is 17.1. The third-order valence-corrected chi connectivity index (χ3v) is 4.51. The Hall–Kier alpha value is -3.65. The first-order valence-electron chi connectivity index (χ1n) is 9.56. The van der Waals surface area contributed by atoms with Crippen LogP contribution in [-0.2, 0) is 4.84 Å². The lowest BCUT2D eigenvalue weighted by Gasteiger charge is -2.15. The number of aryl methyl sites for hydroxylation is 2. The molecule has 4 aromatic rings. The summed E-state index contributed by atoms with van der Waals surface area (Å²) in [6.07, 6.45) is 5.36. The molecule has 0 aliphatic carbocycles. The summed E-state index contributed by atoms with van der Waals surface area (Å²) < 4.78 is 12.4. The summed E-state index contributed by atoms with van der Waals surface area (Å²) >= 11 is 0. The lowest BCUT2D eigenvalue weighted by Crippen LogP contribution is -2.31. The Morgan fingerprint density at radius 3 is 2.77 bits per heavy atom. The Morgan fingerprint density at radius 2 is 2.03 bits per heavy atom. The Bertz CT molecular complexity index is 1180. The highest BCUT2D eigenvalue weighted by atomic mass is 16.6. The minimum atomic E-state index is 0.509. The minimum Gasteiger partial charge on any atom is -0.479 e. The number of aromatic nitrogens is 3. The molecule has 0 saturated carbocycles. The largest absolute Gasteiger partial charge is 0.479 e. The molecular weight excluding hydrogens is 382 g/mol. The van der Waals surface area contributed by atoms with Crippen molar-refractivity contribution in [2.24, 2.45) is 4.99 Å². The van der Waals surface area contributed by atoms with E-state index in [-0.39, 0.29) is 0 Å². The molecule has 8 heteroatoms. The van der Waals surface area contributed by atoms with Gasteiger partial charge in [-0.25, -0.2) is 15.4 Å². The molecular formula is C22H23N5O3. The van der Waals surface area contributed by atoms with E-state index in [9.17, 15) is 0 Å². The maximum absolute atomic E-state index is 5.36. The summed E-state index contributed by atoms with van der Waals surface area (Å²) in [5.41, 5.74) is 7.42. The predicted molar refractivity (Wildman–Crippen MR) is 114 cm³/mol. The molecule has 0 spiro atoms. The molecule has 154 valence electrons. The van der Waals surface area contributed by atoms with Gasteiger partial charge in [0, 0.05) is 11.6 Å². The predicted octanol–water partition coefficient (Wildman–Crippen LogP) is 3.61. The van der Waals surface area contributed by atoms with E-state index in [1.165, 1.54) is 10.9 Å². The number of hydrogen-bond donors (Lipinski definition) is 1. The molecule has 0 amide bonds. The Balaban J connectivity index is 0.000000181. The number of amidine groups is 1. The van der Waals surface area contributed by atoms with Crippen LogP contribution in [0.1, 0.15) is 17.0 Å². The number of ether oxygens (including phenoxy) is 1. The number of pyridine rings is 1. The molecule has 0 fully saturated rings. The van der Waals surface area contributed by atoms with Crippen molar-refractivity contribution in [3.8, 4) is 11.6 Å². The van der Waals surface area contributed by atoms with Crippen LogP contribution in [0.2, 0.25) is 0 Å². The summed E-state index contributed by atoms with van der Waals surface area (Å²) in [7, 11) is 1.59. The molecule has 0 radical (unpaired) electrons. The molecule has 0 atom stereocenters. The lowest BCUT2D eigenvalue weighted by molar-refractivity contribution is 0.0824. The fourth-order valence-electron chi connectivity index (χ4n) is 3.01. The van der Waals surface area contributed by atoms with Gasteiger partial charge in [0.2, 0.25) is 5.88 Å². The molecule has 1 aliphatic rings. The van der Waals surface area contributed by atoms with Gasteiger partial charge in [-0.3, -0.25) is 9.83 Å². The molecule has 1 aromatic carbocycles. The summed E-state index contributed by atoms with van der Waals surface area (Å²) in [4.78, 5) is 18.1. The summed E-state index contributed by atoms with van der Waals surface area (Å²) in [6, 6.07) is 11.9. The van der Waals surface area contributed by atoms with Crippen molar-refractivity contribution in [2.45, 2.75) is 13.8 Å². The van der Waals surface area contributed by atoms with Crippen LogP contribution < -0.4 is 10.2 Å². The fourth-order valence-corrected chi connectivity index (χ4v) is 3.01. The number of aliphatic imine (C=N–C) groups is 1. The van der Waals surface area contributed by atoms with Crippen LogP contribution in [0.3, 0.4) is 0 Å². The number of hydroxylamine groups is 1.